The maximum Gasteiger partial charge on any atom is 0.353 e. The SMILES string of the molecule is CC(=O)Nc1nnc(C2=C(C(=O)O)N3C(=O)C(NC(=O)Cc4nccs4)[C@@H]3SC2)s1. The lowest BCUT2D eigenvalue weighted by Crippen LogP contribution is -2.70. The fraction of sp³-hybridized carbons (Fsp3) is 0.312. The lowest BCUT2D eigenvalue weighted by atomic mass is 10.0. The van der Waals surface area contributed by atoms with Gasteiger partial charge >= 0.3 is 5.97 Å². The van der Waals surface area contributed by atoms with Crippen LogP contribution in [0.4, 0.5) is 5.13 Å². The van der Waals surface area contributed by atoms with E-state index in [1.807, 2.05) is 0 Å². The highest BCUT2D eigenvalue weighted by Crippen LogP contribution is 2.44. The summed E-state index contributed by atoms with van der Waals surface area (Å²) in [6.45, 7) is 1.33. The van der Waals surface area contributed by atoms with E-state index in [9.17, 15) is 24.3 Å². The molecule has 4 rings (SSSR count). The number of nitrogens with zero attached hydrogens (tertiary/aromatic N) is 4. The predicted molar refractivity (Wildman–Crippen MR) is 110 cm³/mol. The first kappa shape index (κ1) is 20.4. The first-order chi connectivity index (χ1) is 14.3. The van der Waals surface area contributed by atoms with Crippen molar-refractivity contribution in [1.82, 2.24) is 25.4 Å². The minimum absolute atomic E-state index is 0.0580. The Balaban J connectivity index is 1.53. The van der Waals surface area contributed by atoms with Crippen molar-refractivity contribution in [3.63, 3.8) is 0 Å². The van der Waals surface area contributed by atoms with Gasteiger partial charge in [-0.15, -0.1) is 33.3 Å². The summed E-state index contributed by atoms with van der Waals surface area (Å²) < 4.78 is 0. The molecule has 156 valence electrons. The van der Waals surface area contributed by atoms with Crippen molar-refractivity contribution in [1.29, 1.82) is 0 Å². The molecule has 0 bridgehead atoms. The highest BCUT2D eigenvalue weighted by Gasteiger charge is 2.54. The Morgan fingerprint density at radius 1 is 1.33 bits per heavy atom. The second kappa shape index (κ2) is 8.12. The third-order valence-electron chi connectivity index (χ3n) is 4.25. The molecular formula is C16H14N6O5S3. The van der Waals surface area contributed by atoms with Crippen LogP contribution in [0, 0.1) is 0 Å². The van der Waals surface area contributed by atoms with E-state index in [4.69, 9.17) is 0 Å². The van der Waals surface area contributed by atoms with Gasteiger partial charge in [-0.2, -0.15) is 0 Å². The van der Waals surface area contributed by atoms with E-state index in [2.05, 4.69) is 25.8 Å². The number of carboxylic acids is 1. The largest absolute Gasteiger partial charge is 0.477 e. The van der Waals surface area contributed by atoms with Gasteiger partial charge in [-0.05, 0) is 0 Å². The van der Waals surface area contributed by atoms with Crippen LogP contribution in [0.5, 0.6) is 0 Å². The molecule has 3 amide bonds. The molecule has 11 nitrogen and oxygen atoms in total. The Labute approximate surface area is 181 Å². The van der Waals surface area contributed by atoms with Crippen molar-refractivity contribution < 1.29 is 24.3 Å². The van der Waals surface area contributed by atoms with E-state index in [1.54, 1.807) is 11.6 Å². The molecule has 2 atom stereocenters. The lowest BCUT2D eigenvalue weighted by molar-refractivity contribution is -0.150. The summed E-state index contributed by atoms with van der Waals surface area (Å²) in [5.74, 6) is -2.17. The summed E-state index contributed by atoms with van der Waals surface area (Å²) in [6.07, 6.45) is 1.65. The number of fused-ring (bicyclic) bond motifs is 1. The number of amides is 3. The number of hydrogen-bond acceptors (Lipinski definition) is 10. The predicted octanol–water partition coefficient (Wildman–Crippen LogP) is 0.391. The Hall–Kier alpha value is -2.84. The number of nitrogens with one attached hydrogen (secondary N) is 2. The fourth-order valence-corrected chi connectivity index (χ4v) is 5.92. The first-order valence-electron chi connectivity index (χ1n) is 8.55. The second-order valence-electron chi connectivity index (χ2n) is 6.28. The highest BCUT2D eigenvalue weighted by atomic mass is 32.2. The molecule has 0 aliphatic carbocycles. The summed E-state index contributed by atoms with van der Waals surface area (Å²) in [6, 6.07) is -0.803. The van der Waals surface area contributed by atoms with E-state index < -0.39 is 23.3 Å². The monoisotopic (exact) mass is 466 g/mol. The van der Waals surface area contributed by atoms with Gasteiger partial charge in [0.15, 0.2) is 0 Å². The van der Waals surface area contributed by atoms with Crippen LogP contribution in [0.3, 0.4) is 0 Å². The van der Waals surface area contributed by atoms with Crippen LogP contribution in [-0.4, -0.2) is 66.0 Å². The molecule has 0 spiro atoms. The van der Waals surface area contributed by atoms with Crippen molar-refractivity contribution in [2.45, 2.75) is 24.8 Å². The lowest BCUT2D eigenvalue weighted by Gasteiger charge is -2.49. The Morgan fingerprint density at radius 3 is 2.80 bits per heavy atom. The molecule has 0 aromatic carbocycles. The number of hydrogen-bond donors (Lipinski definition) is 3. The number of carbonyl (C=O) groups excluding carboxylic acids is 3. The van der Waals surface area contributed by atoms with Gasteiger partial charge in [0.25, 0.3) is 5.91 Å². The van der Waals surface area contributed by atoms with Gasteiger partial charge in [-0.25, -0.2) is 9.78 Å². The van der Waals surface area contributed by atoms with Gasteiger partial charge < -0.3 is 15.7 Å². The standard InChI is InChI=1S/C16H14N6O5S3/c1-6(23)18-16-21-20-12(30-16)7-5-29-14-10(13(25)22(14)11(7)15(26)27)19-8(24)4-9-17-2-3-28-9/h2-3,10,14H,4-5H2,1H3,(H,19,24)(H,26,27)(H,18,21,23)/t10?,14-/m0/s1. The number of carboxylic acid groups (broad SMARTS) is 1. The minimum atomic E-state index is -1.27. The molecule has 0 radical (unpaired) electrons. The molecule has 2 aliphatic heterocycles. The van der Waals surface area contributed by atoms with E-state index >= 15 is 0 Å². The number of rotatable bonds is 6. The number of thioether (sulfide) groups is 1. The molecule has 1 saturated heterocycles. The summed E-state index contributed by atoms with van der Waals surface area (Å²) in [7, 11) is 0. The summed E-state index contributed by atoms with van der Waals surface area (Å²) in [5.41, 5.74) is 0.165. The van der Waals surface area contributed by atoms with Crippen LogP contribution in [-0.2, 0) is 25.6 Å². The number of thiazole rings is 1. The zero-order valence-electron chi connectivity index (χ0n) is 15.3. The van der Waals surface area contributed by atoms with Crippen molar-refractivity contribution in [2.24, 2.45) is 0 Å². The van der Waals surface area contributed by atoms with E-state index in [0.717, 1.165) is 11.3 Å². The van der Waals surface area contributed by atoms with E-state index in [0.29, 0.717) is 15.6 Å². The van der Waals surface area contributed by atoms with E-state index in [-0.39, 0.29) is 34.8 Å². The smallest absolute Gasteiger partial charge is 0.353 e. The number of carbonyl (C=O) groups is 4. The highest BCUT2D eigenvalue weighted by molar-refractivity contribution is 8.00. The zero-order chi connectivity index (χ0) is 21.4. The third kappa shape index (κ3) is 3.80. The fourth-order valence-electron chi connectivity index (χ4n) is 3.03. The van der Waals surface area contributed by atoms with Gasteiger partial charge in [-0.1, -0.05) is 11.3 Å². The molecule has 2 aromatic rings. The van der Waals surface area contributed by atoms with Crippen molar-refractivity contribution >= 4 is 68.8 Å². The van der Waals surface area contributed by atoms with Crippen LogP contribution < -0.4 is 10.6 Å². The molecule has 1 fully saturated rings. The molecular weight excluding hydrogens is 452 g/mol. The van der Waals surface area contributed by atoms with Gasteiger partial charge in [0.05, 0.1) is 6.42 Å². The summed E-state index contributed by atoms with van der Waals surface area (Å²) in [5, 5.41) is 25.1. The Morgan fingerprint density at radius 2 is 2.13 bits per heavy atom. The normalized spacial score (nSPS) is 20.4. The van der Waals surface area contributed by atoms with Gasteiger partial charge in [-0.3, -0.25) is 19.3 Å². The Kier molecular flexibility index (Phi) is 5.53. The van der Waals surface area contributed by atoms with Crippen LogP contribution >= 0.6 is 34.4 Å². The molecule has 14 heteroatoms. The van der Waals surface area contributed by atoms with Crippen molar-refractivity contribution in [3.8, 4) is 0 Å². The second-order valence-corrected chi connectivity index (χ2v) is 9.35. The average Bonchev–Trinajstić information content (AvgIpc) is 3.36. The van der Waals surface area contributed by atoms with Crippen LogP contribution in [0.15, 0.2) is 17.3 Å². The molecule has 2 aliphatic rings. The molecule has 4 heterocycles. The molecule has 3 N–H and O–H groups in total. The average molecular weight is 467 g/mol. The quantitative estimate of drug-likeness (QED) is 0.513. The number of aliphatic carboxylic acids is 1. The van der Waals surface area contributed by atoms with Crippen LogP contribution in [0.2, 0.25) is 0 Å². The van der Waals surface area contributed by atoms with Crippen molar-refractivity contribution in [2.75, 3.05) is 11.1 Å². The van der Waals surface area contributed by atoms with Crippen LogP contribution in [0.25, 0.3) is 5.57 Å². The Bertz CT molecular complexity index is 1070. The van der Waals surface area contributed by atoms with Gasteiger partial charge in [0.2, 0.25) is 16.9 Å². The summed E-state index contributed by atoms with van der Waals surface area (Å²) in [4.78, 5) is 53.2. The first-order valence-corrected chi connectivity index (χ1v) is 11.3. The van der Waals surface area contributed by atoms with E-state index in [1.165, 1.54) is 34.9 Å². The maximum absolute atomic E-state index is 12.7. The molecule has 0 saturated carbocycles. The number of β-lactam (4-membered cyclic amide) rings is 1. The molecule has 30 heavy (non-hydrogen) atoms. The van der Waals surface area contributed by atoms with Gasteiger partial charge in [0, 0.05) is 29.8 Å². The summed E-state index contributed by atoms with van der Waals surface area (Å²) >= 11 is 3.70. The molecule has 2 aromatic heterocycles. The third-order valence-corrected chi connectivity index (χ3v) is 7.21. The maximum atomic E-state index is 12.7. The zero-order valence-corrected chi connectivity index (χ0v) is 17.8. The van der Waals surface area contributed by atoms with Gasteiger partial charge in [0.1, 0.15) is 27.1 Å². The topological polar surface area (TPSA) is 154 Å². The minimum Gasteiger partial charge on any atom is -0.477 e. The molecule has 1 unspecified atom stereocenters. The van der Waals surface area contributed by atoms with Crippen LogP contribution in [0.1, 0.15) is 16.9 Å². The van der Waals surface area contributed by atoms with Crippen molar-refractivity contribution in [3.05, 3.63) is 27.3 Å². The number of aromatic nitrogens is 3. The number of anilines is 1.